The fourth-order valence-corrected chi connectivity index (χ4v) is 5.60. The van der Waals surface area contributed by atoms with Gasteiger partial charge in [0.2, 0.25) is 12.8 Å². The van der Waals surface area contributed by atoms with Crippen LogP contribution in [0.4, 0.5) is 11.4 Å². The second-order valence-electron chi connectivity index (χ2n) is 9.95. The standard InChI is InChI=1S/C30H38N6O4.ClH.H2O/c1-3-26-29(31-21-37)28(23-11-13-25(14-12-23)36(39)40)30(27(4-2)32-26)35(22-38)16-8-15-33-17-19-34(20-18-33)24-9-6-5-7-10-24;;/h5-7,9-14,21-22,28,32H,3-4,8,15-20H2,1-2H3,(H,31,37);1H;1H2. The Morgan fingerprint density at radius 2 is 1.64 bits per heavy atom. The van der Waals surface area contributed by atoms with Gasteiger partial charge in [-0.1, -0.05) is 44.2 Å². The highest BCUT2D eigenvalue weighted by molar-refractivity contribution is 5.85. The maximum atomic E-state index is 12.5. The summed E-state index contributed by atoms with van der Waals surface area (Å²) in [6.45, 7) is 9.25. The molecule has 0 bridgehead atoms. The number of hydrogen-bond acceptors (Lipinski definition) is 7. The van der Waals surface area contributed by atoms with Gasteiger partial charge in [0.05, 0.1) is 22.2 Å². The molecule has 1 atom stereocenters. The highest BCUT2D eigenvalue weighted by Crippen LogP contribution is 2.40. The van der Waals surface area contributed by atoms with Crippen LogP contribution in [0.15, 0.2) is 77.4 Å². The third-order valence-electron chi connectivity index (χ3n) is 7.66. The molecule has 2 aromatic carbocycles. The summed E-state index contributed by atoms with van der Waals surface area (Å²) in [5.74, 6) is -0.447. The molecule has 0 saturated carbocycles. The number of benzene rings is 2. The molecule has 2 aromatic rings. The van der Waals surface area contributed by atoms with E-state index in [0.29, 0.717) is 31.5 Å². The Kier molecular flexibility index (Phi) is 13.5. The van der Waals surface area contributed by atoms with E-state index in [2.05, 4.69) is 44.7 Å². The molecular formula is C30H41ClN6O5. The molecule has 2 amide bonds. The summed E-state index contributed by atoms with van der Waals surface area (Å²) in [5, 5.41) is 17.6. The number of hydrogen-bond donors (Lipinski definition) is 2. The minimum atomic E-state index is -0.447. The van der Waals surface area contributed by atoms with Crippen molar-refractivity contribution in [3.8, 4) is 0 Å². The average Bonchev–Trinajstić information content (AvgIpc) is 3.00. The zero-order valence-corrected chi connectivity index (χ0v) is 24.9. The van der Waals surface area contributed by atoms with Crippen LogP contribution in [0.5, 0.6) is 0 Å². The lowest BCUT2D eigenvalue weighted by atomic mass is 9.85. The molecule has 0 aromatic heterocycles. The number of nitrogens with one attached hydrogen (secondary N) is 2. The number of nitrogens with zero attached hydrogens (tertiary/aromatic N) is 4. The van der Waals surface area contributed by atoms with Crippen LogP contribution in [-0.4, -0.2) is 72.3 Å². The summed E-state index contributed by atoms with van der Waals surface area (Å²) in [6, 6.07) is 16.8. The molecule has 228 valence electrons. The molecule has 1 unspecified atom stereocenters. The predicted molar refractivity (Wildman–Crippen MR) is 166 cm³/mol. The van der Waals surface area contributed by atoms with E-state index >= 15 is 0 Å². The van der Waals surface area contributed by atoms with Gasteiger partial charge >= 0.3 is 0 Å². The normalized spacial score (nSPS) is 17.0. The van der Waals surface area contributed by atoms with E-state index in [0.717, 1.165) is 68.2 Å². The number of nitro groups is 1. The second kappa shape index (κ2) is 16.5. The van der Waals surface area contributed by atoms with Crippen molar-refractivity contribution in [1.29, 1.82) is 0 Å². The van der Waals surface area contributed by atoms with Crippen molar-refractivity contribution in [2.75, 3.05) is 44.2 Å². The molecule has 42 heavy (non-hydrogen) atoms. The predicted octanol–water partition coefficient (Wildman–Crippen LogP) is 3.54. The molecule has 0 spiro atoms. The molecule has 2 aliphatic heterocycles. The van der Waals surface area contributed by atoms with Crippen LogP contribution in [0.1, 0.15) is 44.6 Å². The average molecular weight is 601 g/mol. The van der Waals surface area contributed by atoms with E-state index in [-0.39, 0.29) is 23.6 Å². The van der Waals surface area contributed by atoms with Gasteiger partial charge in [-0.25, -0.2) is 0 Å². The Bertz CT molecular complexity index is 1250. The number of anilines is 1. The lowest BCUT2D eigenvalue weighted by Crippen LogP contribution is -2.47. The third kappa shape index (κ3) is 7.87. The number of non-ortho nitro benzene ring substituents is 1. The molecular weight excluding hydrogens is 560 g/mol. The molecule has 1 fully saturated rings. The maximum Gasteiger partial charge on any atom is 0.269 e. The summed E-state index contributed by atoms with van der Waals surface area (Å²) < 4.78 is 0. The molecule has 0 aliphatic carbocycles. The fraction of sp³-hybridized carbons (Fsp3) is 0.400. The van der Waals surface area contributed by atoms with Crippen LogP contribution in [0.3, 0.4) is 0 Å². The van der Waals surface area contributed by atoms with Crippen molar-refractivity contribution in [3.63, 3.8) is 0 Å². The van der Waals surface area contributed by atoms with Gasteiger partial charge < -0.3 is 25.9 Å². The maximum absolute atomic E-state index is 12.5. The third-order valence-corrected chi connectivity index (χ3v) is 7.66. The van der Waals surface area contributed by atoms with Gasteiger partial charge in [-0.05, 0) is 43.5 Å². The van der Waals surface area contributed by atoms with E-state index in [4.69, 9.17) is 0 Å². The van der Waals surface area contributed by atoms with Crippen LogP contribution in [0.25, 0.3) is 0 Å². The van der Waals surface area contributed by atoms with E-state index < -0.39 is 10.8 Å². The number of nitro benzene ring substituents is 1. The van der Waals surface area contributed by atoms with Crippen molar-refractivity contribution in [2.24, 2.45) is 0 Å². The van der Waals surface area contributed by atoms with E-state index in [9.17, 15) is 19.7 Å². The van der Waals surface area contributed by atoms with Gasteiger partial charge in [0.1, 0.15) is 0 Å². The largest absolute Gasteiger partial charge is 0.412 e. The Morgan fingerprint density at radius 3 is 2.19 bits per heavy atom. The van der Waals surface area contributed by atoms with Crippen molar-refractivity contribution < 1.29 is 20.0 Å². The molecule has 4 rings (SSSR count). The first-order valence-corrected chi connectivity index (χ1v) is 13.9. The molecule has 2 heterocycles. The van der Waals surface area contributed by atoms with Crippen LogP contribution >= 0.6 is 12.4 Å². The van der Waals surface area contributed by atoms with Crippen molar-refractivity contribution >= 4 is 36.6 Å². The molecule has 11 nitrogen and oxygen atoms in total. The first kappa shape index (κ1) is 34.3. The topological polar surface area (TPSA) is 143 Å². The smallest absolute Gasteiger partial charge is 0.269 e. The zero-order valence-electron chi connectivity index (χ0n) is 24.1. The minimum Gasteiger partial charge on any atom is -0.412 e. The van der Waals surface area contributed by atoms with Crippen molar-refractivity contribution in [1.82, 2.24) is 20.4 Å². The summed E-state index contributed by atoms with van der Waals surface area (Å²) in [7, 11) is 0. The van der Waals surface area contributed by atoms with E-state index in [1.807, 2.05) is 19.9 Å². The van der Waals surface area contributed by atoms with Gasteiger partial charge in [-0.2, -0.15) is 0 Å². The molecule has 0 radical (unpaired) electrons. The lowest BCUT2D eigenvalue weighted by molar-refractivity contribution is -0.384. The number of piperazine rings is 1. The highest BCUT2D eigenvalue weighted by Gasteiger charge is 2.34. The number of carbonyl (C=O) groups is 2. The highest BCUT2D eigenvalue weighted by atomic mass is 35.5. The number of amides is 2. The van der Waals surface area contributed by atoms with Gasteiger partial charge in [0.15, 0.2) is 0 Å². The first-order valence-electron chi connectivity index (χ1n) is 13.9. The van der Waals surface area contributed by atoms with Crippen LogP contribution in [-0.2, 0) is 9.59 Å². The monoisotopic (exact) mass is 600 g/mol. The minimum absolute atomic E-state index is 0. The molecule has 1 saturated heterocycles. The van der Waals surface area contributed by atoms with Crippen LogP contribution in [0.2, 0.25) is 0 Å². The SMILES string of the molecule is CCC1=C(NC=O)C(c2ccc([N+](=O)[O-])cc2)C(N(C=O)CCCN2CCN(c3ccccc3)CC2)=C(CC)N1.Cl.O. The Balaban J connectivity index is 0.00000308. The Hall–Kier alpha value is -3.93. The van der Waals surface area contributed by atoms with Gasteiger partial charge in [0.25, 0.3) is 5.69 Å². The van der Waals surface area contributed by atoms with Gasteiger partial charge in [0, 0.05) is 61.9 Å². The van der Waals surface area contributed by atoms with E-state index in [1.165, 1.54) is 17.8 Å². The van der Waals surface area contributed by atoms with Crippen LogP contribution in [0, 0.1) is 10.1 Å². The Morgan fingerprint density at radius 1 is 1.00 bits per heavy atom. The summed E-state index contributed by atoms with van der Waals surface area (Å²) in [5.41, 5.74) is 5.19. The summed E-state index contributed by atoms with van der Waals surface area (Å²) in [4.78, 5) is 41.6. The zero-order chi connectivity index (χ0) is 28.5. The second-order valence-corrected chi connectivity index (χ2v) is 9.95. The van der Waals surface area contributed by atoms with Gasteiger partial charge in [-0.3, -0.25) is 24.6 Å². The van der Waals surface area contributed by atoms with E-state index in [1.54, 1.807) is 17.0 Å². The molecule has 12 heteroatoms. The number of allylic oxidation sites excluding steroid dienone is 2. The van der Waals surface area contributed by atoms with Crippen LogP contribution < -0.4 is 15.5 Å². The van der Waals surface area contributed by atoms with Gasteiger partial charge in [-0.15, -0.1) is 12.4 Å². The number of para-hydroxylation sites is 1. The summed E-state index contributed by atoms with van der Waals surface area (Å²) >= 11 is 0. The molecule has 4 N–H and O–H groups in total. The quantitative estimate of drug-likeness (QED) is 0.203. The van der Waals surface area contributed by atoms with Crippen molar-refractivity contribution in [3.05, 3.63) is 93.1 Å². The number of halogens is 1. The summed E-state index contributed by atoms with van der Waals surface area (Å²) in [6.07, 6.45) is 3.58. The fourth-order valence-electron chi connectivity index (χ4n) is 5.60. The Labute approximate surface area is 253 Å². The molecule has 2 aliphatic rings. The first-order chi connectivity index (χ1) is 19.5. The number of dihydropyridines is 1. The lowest BCUT2D eigenvalue weighted by Gasteiger charge is -2.38. The number of rotatable bonds is 13. The number of carbonyl (C=O) groups excluding carboxylic acids is 2. The van der Waals surface area contributed by atoms with Crippen molar-refractivity contribution in [2.45, 2.75) is 39.0 Å².